The zero-order valence-electron chi connectivity index (χ0n) is 4.93. The van der Waals surface area contributed by atoms with E-state index in [1.807, 2.05) is 0 Å². The number of hydrogen-bond acceptors (Lipinski definition) is 3. The first kappa shape index (κ1) is 7.39. The van der Waals surface area contributed by atoms with Gasteiger partial charge in [-0.15, -0.1) is 0 Å². The maximum absolute atomic E-state index is 10.1. The molecule has 0 heterocycles. The predicted molar refractivity (Wildman–Crippen MR) is 29.3 cm³/mol. The van der Waals surface area contributed by atoms with E-state index >= 15 is 0 Å². The Morgan fingerprint density at radius 1 is 1.88 bits per heavy atom. The van der Waals surface area contributed by atoms with Crippen LogP contribution < -0.4 is 11.1 Å². The molecule has 0 spiro atoms. The molecule has 0 bridgehead atoms. The second kappa shape index (κ2) is 2.11. The van der Waals surface area contributed by atoms with Crippen molar-refractivity contribution in [3.8, 4) is 0 Å². The van der Waals surface area contributed by atoms with E-state index in [2.05, 4.69) is 5.32 Å². The van der Waals surface area contributed by atoms with Crippen molar-refractivity contribution in [3.63, 3.8) is 0 Å². The third-order valence-electron chi connectivity index (χ3n) is 0.964. The van der Waals surface area contributed by atoms with E-state index in [0.717, 1.165) is 0 Å². The molecule has 0 aliphatic rings. The minimum atomic E-state index is -1.29. The van der Waals surface area contributed by atoms with Gasteiger partial charge in [-0.05, 0) is 14.0 Å². The summed E-state index contributed by atoms with van der Waals surface area (Å²) in [7, 11) is 1.49. The van der Waals surface area contributed by atoms with Gasteiger partial charge in [0.05, 0.1) is 0 Å². The number of carboxylic acid groups (broad SMARTS) is 1. The van der Waals surface area contributed by atoms with Crippen molar-refractivity contribution >= 4 is 5.97 Å². The van der Waals surface area contributed by atoms with Crippen LogP contribution in [0.2, 0.25) is 0 Å². The van der Waals surface area contributed by atoms with Crippen molar-refractivity contribution in [1.82, 2.24) is 5.32 Å². The lowest BCUT2D eigenvalue weighted by Gasteiger charge is -2.16. The number of hydrogen-bond donors (Lipinski definition) is 3. The molecule has 0 aromatic heterocycles. The Morgan fingerprint density at radius 2 is 2.25 bits per heavy atom. The summed E-state index contributed by atoms with van der Waals surface area (Å²) in [6, 6.07) is 0. The van der Waals surface area contributed by atoms with Crippen LogP contribution in [0.1, 0.15) is 6.92 Å². The minimum absolute atomic E-state index is 1.06. The fraction of sp³-hybridized carbons (Fsp3) is 0.750. The molecule has 8 heavy (non-hydrogen) atoms. The summed E-state index contributed by atoms with van der Waals surface area (Å²) in [6.45, 7) is 1.38. The van der Waals surface area contributed by atoms with Crippen LogP contribution in [0.5, 0.6) is 0 Å². The molecule has 1 atom stereocenters. The summed E-state index contributed by atoms with van der Waals surface area (Å²) in [6.07, 6.45) is 0. The molecule has 0 aromatic carbocycles. The van der Waals surface area contributed by atoms with Gasteiger partial charge in [-0.25, -0.2) is 4.79 Å². The van der Waals surface area contributed by atoms with Crippen molar-refractivity contribution in [1.29, 1.82) is 0 Å². The Bertz CT molecular complexity index is 100. The minimum Gasteiger partial charge on any atom is -0.479 e. The Hall–Kier alpha value is -0.610. The highest BCUT2D eigenvalue weighted by Crippen LogP contribution is 1.88. The highest BCUT2D eigenvalue weighted by Gasteiger charge is 2.24. The SMILES string of the molecule is CNC(C)(N)C(=O)O. The number of nitrogens with two attached hydrogens (primary N) is 1. The Morgan fingerprint density at radius 3 is 2.25 bits per heavy atom. The van der Waals surface area contributed by atoms with Gasteiger partial charge in [-0.3, -0.25) is 5.32 Å². The molecular formula is C4H10N2O2. The number of nitrogens with one attached hydrogen (secondary N) is 1. The highest BCUT2D eigenvalue weighted by atomic mass is 16.4. The van der Waals surface area contributed by atoms with Gasteiger partial charge in [0.2, 0.25) is 0 Å². The summed E-state index contributed by atoms with van der Waals surface area (Å²) in [5.41, 5.74) is 3.86. The van der Waals surface area contributed by atoms with Crippen molar-refractivity contribution < 1.29 is 9.90 Å². The van der Waals surface area contributed by atoms with E-state index in [1.165, 1.54) is 14.0 Å². The number of carboxylic acids is 1. The van der Waals surface area contributed by atoms with Crippen LogP contribution in [0, 0.1) is 0 Å². The molecule has 4 N–H and O–H groups in total. The summed E-state index contributed by atoms with van der Waals surface area (Å²) >= 11 is 0. The number of likely N-dealkylation sites (N-methyl/N-ethyl adjacent to an activating group) is 1. The second-order valence-corrected chi connectivity index (χ2v) is 1.76. The van der Waals surface area contributed by atoms with Gasteiger partial charge in [-0.1, -0.05) is 0 Å². The molecule has 0 saturated carbocycles. The first-order valence-electron chi connectivity index (χ1n) is 2.22. The van der Waals surface area contributed by atoms with Crippen molar-refractivity contribution in [2.24, 2.45) is 5.73 Å². The molecule has 48 valence electrons. The second-order valence-electron chi connectivity index (χ2n) is 1.76. The molecule has 0 fully saturated rings. The first-order valence-corrected chi connectivity index (χ1v) is 2.22. The van der Waals surface area contributed by atoms with Crippen LogP contribution in [-0.2, 0) is 4.79 Å². The molecule has 0 amide bonds. The van der Waals surface area contributed by atoms with Gasteiger partial charge in [0.1, 0.15) is 0 Å². The summed E-state index contributed by atoms with van der Waals surface area (Å²) < 4.78 is 0. The van der Waals surface area contributed by atoms with Crippen LogP contribution in [0.4, 0.5) is 0 Å². The van der Waals surface area contributed by atoms with E-state index in [1.54, 1.807) is 0 Å². The zero-order chi connectivity index (χ0) is 6.78. The molecule has 0 radical (unpaired) electrons. The molecule has 0 aliphatic carbocycles. The molecule has 4 heteroatoms. The Kier molecular flexibility index (Phi) is 1.94. The number of rotatable bonds is 2. The molecule has 4 nitrogen and oxygen atoms in total. The van der Waals surface area contributed by atoms with Gasteiger partial charge in [0, 0.05) is 0 Å². The normalized spacial score (nSPS) is 17.4. The summed E-state index contributed by atoms with van der Waals surface area (Å²) in [4.78, 5) is 10.1. The van der Waals surface area contributed by atoms with Gasteiger partial charge in [0.15, 0.2) is 5.66 Å². The maximum Gasteiger partial charge on any atom is 0.338 e. The lowest BCUT2D eigenvalue weighted by Crippen LogP contribution is -2.55. The lowest BCUT2D eigenvalue weighted by molar-refractivity contribution is -0.143. The third-order valence-corrected chi connectivity index (χ3v) is 0.964. The van der Waals surface area contributed by atoms with Gasteiger partial charge >= 0.3 is 5.97 Å². The van der Waals surface area contributed by atoms with Crippen LogP contribution in [0.25, 0.3) is 0 Å². The van der Waals surface area contributed by atoms with Crippen molar-refractivity contribution in [2.45, 2.75) is 12.6 Å². The standard InChI is InChI=1S/C4H10N2O2/c1-4(5,6-2)3(7)8/h6H,5H2,1-2H3,(H,7,8). The largest absolute Gasteiger partial charge is 0.479 e. The highest BCUT2D eigenvalue weighted by molar-refractivity contribution is 5.77. The molecular weight excluding hydrogens is 108 g/mol. The lowest BCUT2D eigenvalue weighted by atomic mass is 10.2. The quantitative estimate of drug-likeness (QED) is 0.405. The van der Waals surface area contributed by atoms with E-state index in [4.69, 9.17) is 10.8 Å². The predicted octanol–water partition coefficient (Wildman–Crippen LogP) is -1.03. The fourth-order valence-corrected chi connectivity index (χ4v) is 0.107. The number of aliphatic carboxylic acids is 1. The molecule has 0 rings (SSSR count). The maximum atomic E-state index is 10.1. The Balaban J connectivity index is 3.91. The van der Waals surface area contributed by atoms with Gasteiger partial charge in [0.25, 0.3) is 0 Å². The van der Waals surface area contributed by atoms with Crippen LogP contribution in [-0.4, -0.2) is 23.8 Å². The van der Waals surface area contributed by atoms with E-state index in [0.29, 0.717) is 0 Å². The topological polar surface area (TPSA) is 75.3 Å². The monoisotopic (exact) mass is 118 g/mol. The average molecular weight is 118 g/mol. The molecule has 0 saturated heterocycles. The fourth-order valence-electron chi connectivity index (χ4n) is 0.107. The van der Waals surface area contributed by atoms with Gasteiger partial charge < -0.3 is 10.8 Å². The van der Waals surface area contributed by atoms with E-state index < -0.39 is 11.6 Å². The molecule has 0 aromatic rings. The molecule has 1 unspecified atom stereocenters. The summed E-state index contributed by atoms with van der Waals surface area (Å²) in [5.74, 6) is -1.06. The number of carbonyl (C=O) groups is 1. The zero-order valence-corrected chi connectivity index (χ0v) is 4.93. The van der Waals surface area contributed by atoms with Crippen LogP contribution in [0.15, 0.2) is 0 Å². The first-order chi connectivity index (χ1) is 3.50. The van der Waals surface area contributed by atoms with Crippen LogP contribution >= 0.6 is 0 Å². The molecule has 0 aliphatic heterocycles. The van der Waals surface area contributed by atoms with Crippen LogP contribution in [0.3, 0.4) is 0 Å². The average Bonchev–Trinajstić information content (AvgIpc) is 1.67. The van der Waals surface area contributed by atoms with Gasteiger partial charge in [-0.2, -0.15) is 0 Å². The van der Waals surface area contributed by atoms with Crippen molar-refractivity contribution in [2.75, 3.05) is 7.05 Å². The van der Waals surface area contributed by atoms with E-state index in [9.17, 15) is 4.79 Å². The smallest absolute Gasteiger partial charge is 0.338 e. The van der Waals surface area contributed by atoms with E-state index in [-0.39, 0.29) is 0 Å². The third kappa shape index (κ3) is 1.48. The summed E-state index contributed by atoms with van der Waals surface area (Å²) in [5, 5.41) is 10.7. The van der Waals surface area contributed by atoms with Crippen molar-refractivity contribution in [3.05, 3.63) is 0 Å². The Labute approximate surface area is 47.7 Å².